The van der Waals surface area contributed by atoms with Gasteiger partial charge in [0.2, 0.25) is 0 Å². The van der Waals surface area contributed by atoms with E-state index in [9.17, 15) is 4.79 Å². The molecule has 0 saturated carbocycles. The highest BCUT2D eigenvalue weighted by Crippen LogP contribution is 2.28. The zero-order chi connectivity index (χ0) is 14.8. The van der Waals surface area contributed by atoms with Gasteiger partial charge in [-0.1, -0.05) is 35.5 Å². The molecule has 1 atom stereocenters. The summed E-state index contributed by atoms with van der Waals surface area (Å²) in [6.07, 6.45) is 0. The molecule has 1 aromatic heterocycles. The lowest BCUT2D eigenvalue weighted by atomic mass is 10.1. The third-order valence-corrected chi connectivity index (χ3v) is 4.25. The van der Waals surface area contributed by atoms with E-state index in [0.29, 0.717) is 15.8 Å². The number of oxazole rings is 1. The standard InChI is InChI=1S/C16H12ClNO2S/c1-10(15(19)11-6-8-12(17)9-7-11)21-16-18-13-4-2-3-5-14(13)20-16/h2-10H,1H3/t10-/m0/s1. The number of fused-ring (bicyclic) bond motifs is 1. The van der Waals surface area contributed by atoms with Crippen LogP contribution in [0.25, 0.3) is 11.1 Å². The summed E-state index contributed by atoms with van der Waals surface area (Å²) in [5.74, 6) is 0.0268. The fourth-order valence-electron chi connectivity index (χ4n) is 1.96. The van der Waals surface area contributed by atoms with E-state index in [4.69, 9.17) is 16.0 Å². The van der Waals surface area contributed by atoms with Crippen molar-refractivity contribution in [1.29, 1.82) is 0 Å². The van der Waals surface area contributed by atoms with Gasteiger partial charge in [-0.3, -0.25) is 4.79 Å². The number of carbonyl (C=O) groups excluding carboxylic acids is 1. The van der Waals surface area contributed by atoms with Crippen molar-refractivity contribution < 1.29 is 9.21 Å². The molecule has 21 heavy (non-hydrogen) atoms. The van der Waals surface area contributed by atoms with E-state index in [1.807, 2.05) is 31.2 Å². The third kappa shape index (κ3) is 3.12. The number of rotatable bonds is 4. The summed E-state index contributed by atoms with van der Waals surface area (Å²) in [6.45, 7) is 1.84. The first kappa shape index (κ1) is 14.2. The van der Waals surface area contributed by atoms with Crippen molar-refractivity contribution in [3.05, 3.63) is 59.1 Å². The monoisotopic (exact) mass is 317 g/mol. The number of halogens is 1. The van der Waals surface area contributed by atoms with E-state index in [1.54, 1.807) is 24.3 Å². The molecular formula is C16H12ClNO2S. The van der Waals surface area contributed by atoms with Crippen molar-refractivity contribution in [3.63, 3.8) is 0 Å². The first-order chi connectivity index (χ1) is 10.1. The van der Waals surface area contributed by atoms with E-state index in [2.05, 4.69) is 4.98 Å². The SMILES string of the molecule is C[C@H](Sc1nc2ccccc2o1)C(=O)c1ccc(Cl)cc1. The van der Waals surface area contributed by atoms with Gasteiger partial charge in [-0.25, -0.2) is 4.98 Å². The second-order valence-corrected chi connectivity index (χ2v) is 6.31. The van der Waals surface area contributed by atoms with Crippen LogP contribution in [0.5, 0.6) is 0 Å². The number of hydrogen-bond donors (Lipinski definition) is 0. The molecule has 3 aromatic rings. The smallest absolute Gasteiger partial charge is 0.257 e. The molecule has 0 unspecified atom stereocenters. The maximum absolute atomic E-state index is 12.3. The average molecular weight is 318 g/mol. The summed E-state index contributed by atoms with van der Waals surface area (Å²) in [4.78, 5) is 16.7. The Balaban J connectivity index is 1.77. The van der Waals surface area contributed by atoms with E-state index in [-0.39, 0.29) is 11.0 Å². The van der Waals surface area contributed by atoms with Crippen LogP contribution < -0.4 is 0 Å². The van der Waals surface area contributed by atoms with Gasteiger partial charge in [0.05, 0.1) is 5.25 Å². The topological polar surface area (TPSA) is 43.1 Å². The van der Waals surface area contributed by atoms with Crippen molar-refractivity contribution in [2.75, 3.05) is 0 Å². The normalized spacial score (nSPS) is 12.5. The number of thioether (sulfide) groups is 1. The molecule has 106 valence electrons. The first-order valence-electron chi connectivity index (χ1n) is 6.45. The fraction of sp³-hybridized carbons (Fsp3) is 0.125. The summed E-state index contributed by atoms with van der Waals surface area (Å²) < 4.78 is 5.62. The van der Waals surface area contributed by atoms with E-state index in [1.165, 1.54) is 11.8 Å². The Labute approximate surface area is 131 Å². The van der Waals surface area contributed by atoms with E-state index < -0.39 is 0 Å². The molecule has 5 heteroatoms. The Morgan fingerprint density at radius 1 is 1.19 bits per heavy atom. The molecule has 0 bridgehead atoms. The Bertz CT molecular complexity index is 749. The number of nitrogens with zero attached hydrogens (tertiary/aromatic N) is 1. The number of ketones is 1. The second kappa shape index (κ2) is 5.92. The minimum Gasteiger partial charge on any atom is -0.431 e. The third-order valence-electron chi connectivity index (χ3n) is 3.05. The maximum Gasteiger partial charge on any atom is 0.257 e. The van der Waals surface area contributed by atoms with Gasteiger partial charge in [0, 0.05) is 10.6 Å². The molecule has 1 heterocycles. The molecule has 0 N–H and O–H groups in total. The van der Waals surface area contributed by atoms with Crippen LogP contribution in [0.3, 0.4) is 0 Å². The fourth-order valence-corrected chi connectivity index (χ4v) is 2.92. The van der Waals surface area contributed by atoms with Crippen molar-refractivity contribution >= 4 is 40.2 Å². The summed E-state index contributed by atoms with van der Waals surface area (Å²) in [5, 5.41) is 0.844. The number of Topliss-reactive ketones (excluding diaryl/α,β-unsaturated/α-hetero) is 1. The first-order valence-corrected chi connectivity index (χ1v) is 7.71. The number of benzene rings is 2. The number of carbonyl (C=O) groups is 1. The number of para-hydroxylation sites is 2. The minimum absolute atomic E-state index is 0.0268. The predicted molar refractivity (Wildman–Crippen MR) is 85.1 cm³/mol. The van der Waals surface area contributed by atoms with Crippen molar-refractivity contribution in [2.45, 2.75) is 17.4 Å². The highest BCUT2D eigenvalue weighted by molar-refractivity contribution is 8.00. The molecule has 3 nitrogen and oxygen atoms in total. The van der Waals surface area contributed by atoms with Gasteiger partial charge >= 0.3 is 0 Å². The van der Waals surface area contributed by atoms with Gasteiger partial charge in [0.15, 0.2) is 11.4 Å². The van der Waals surface area contributed by atoms with Crippen molar-refractivity contribution in [2.24, 2.45) is 0 Å². The molecule has 0 aliphatic carbocycles. The van der Waals surface area contributed by atoms with Gasteiger partial charge in [-0.05, 0) is 43.3 Å². The molecule has 0 amide bonds. The zero-order valence-electron chi connectivity index (χ0n) is 11.2. The van der Waals surface area contributed by atoms with Crippen LogP contribution >= 0.6 is 23.4 Å². The van der Waals surface area contributed by atoms with Crippen LogP contribution in [0, 0.1) is 0 Å². The van der Waals surface area contributed by atoms with Crippen LogP contribution in [0.1, 0.15) is 17.3 Å². The van der Waals surface area contributed by atoms with E-state index in [0.717, 1.165) is 11.1 Å². The molecule has 0 radical (unpaired) electrons. The lowest BCUT2D eigenvalue weighted by Crippen LogP contribution is -2.13. The Kier molecular flexibility index (Phi) is 3.99. The molecular weight excluding hydrogens is 306 g/mol. The minimum atomic E-state index is -0.278. The van der Waals surface area contributed by atoms with Gasteiger partial charge in [-0.2, -0.15) is 0 Å². The van der Waals surface area contributed by atoms with Crippen LogP contribution in [-0.4, -0.2) is 16.0 Å². The molecule has 0 spiro atoms. The lowest BCUT2D eigenvalue weighted by molar-refractivity contribution is 0.0993. The Morgan fingerprint density at radius 2 is 1.90 bits per heavy atom. The Hall–Kier alpha value is -1.78. The quantitative estimate of drug-likeness (QED) is 0.510. The lowest BCUT2D eigenvalue weighted by Gasteiger charge is -2.07. The molecule has 0 aliphatic rings. The Morgan fingerprint density at radius 3 is 2.62 bits per heavy atom. The van der Waals surface area contributed by atoms with Crippen molar-refractivity contribution in [3.8, 4) is 0 Å². The van der Waals surface area contributed by atoms with Crippen LogP contribution in [0.15, 0.2) is 58.2 Å². The van der Waals surface area contributed by atoms with Crippen LogP contribution in [-0.2, 0) is 0 Å². The summed E-state index contributed by atoms with van der Waals surface area (Å²) in [7, 11) is 0. The molecule has 0 saturated heterocycles. The number of aromatic nitrogens is 1. The molecule has 3 rings (SSSR count). The number of hydrogen-bond acceptors (Lipinski definition) is 4. The van der Waals surface area contributed by atoms with E-state index >= 15 is 0 Å². The summed E-state index contributed by atoms with van der Waals surface area (Å²) >= 11 is 7.15. The van der Waals surface area contributed by atoms with Gasteiger partial charge in [0.25, 0.3) is 5.22 Å². The van der Waals surface area contributed by atoms with Crippen LogP contribution in [0.2, 0.25) is 5.02 Å². The zero-order valence-corrected chi connectivity index (χ0v) is 12.8. The van der Waals surface area contributed by atoms with Gasteiger partial charge in [-0.15, -0.1) is 0 Å². The van der Waals surface area contributed by atoms with Crippen molar-refractivity contribution in [1.82, 2.24) is 4.98 Å². The maximum atomic E-state index is 12.3. The second-order valence-electron chi connectivity index (χ2n) is 4.58. The molecule has 2 aromatic carbocycles. The van der Waals surface area contributed by atoms with Crippen LogP contribution in [0.4, 0.5) is 0 Å². The highest BCUT2D eigenvalue weighted by Gasteiger charge is 2.19. The average Bonchev–Trinajstić information content (AvgIpc) is 2.89. The summed E-state index contributed by atoms with van der Waals surface area (Å²) in [5.41, 5.74) is 2.16. The predicted octanol–water partition coefficient (Wildman–Crippen LogP) is 4.84. The van der Waals surface area contributed by atoms with Gasteiger partial charge < -0.3 is 4.42 Å². The highest BCUT2D eigenvalue weighted by atomic mass is 35.5. The summed E-state index contributed by atoms with van der Waals surface area (Å²) in [6, 6.07) is 14.4. The largest absolute Gasteiger partial charge is 0.431 e. The van der Waals surface area contributed by atoms with Gasteiger partial charge in [0.1, 0.15) is 5.52 Å². The molecule has 0 aliphatic heterocycles. The molecule has 0 fully saturated rings.